The molecule has 1 aliphatic heterocycles. The first-order chi connectivity index (χ1) is 14.6. The zero-order chi connectivity index (χ0) is 24.1. The zero-order valence-electron chi connectivity index (χ0n) is 19.1. The van der Waals surface area contributed by atoms with Crippen LogP contribution in [-0.2, 0) is 29.1 Å². The SMILES string of the molecule is C[SiH](C)[C@]1(n2cnc3c(=O)[nH]c(N)nc32)C[C@H](OC(C)(C)C)[C@](CO)(COS(C)(=O)=O)O1. The number of nitrogen functional groups attached to an aromatic ring is 1. The molecule has 0 saturated carbocycles. The number of ether oxygens (including phenoxy) is 2. The minimum Gasteiger partial charge on any atom is -0.393 e. The lowest BCUT2D eigenvalue weighted by Gasteiger charge is -2.38. The number of rotatable bonds is 7. The summed E-state index contributed by atoms with van der Waals surface area (Å²) in [6.45, 7) is 8.64. The first-order valence-corrected chi connectivity index (χ1v) is 14.9. The zero-order valence-corrected chi connectivity index (χ0v) is 21.0. The molecule has 0 aliphatic carbocycles. The van der Waals surface area contributed by atoms with Crippen LogP contribution in [0.1, 0.15) is 27.2 Å². The van der Waals surface area contributed by atoms with Crippen LogP contribution >= 0.6 is 0 Å². The largest absolute Gasteiger partial charge is 0.393 e. The summed E-state index contributed by atoms with van der Waals surface area (Å²) in [4.78, 5) is 23.2. The molecule has 0 radical (unpaired) electrons. The van der Waals surface area contributed by atoms with Gasteiger partial charge in [0.25, 0.3) is 15.7 Å². The van der Waals surface area contributed by atoms with Crippen LogP contribution in [0.5, 0.6) is 0 Å². The van der Waals surface area contributed by atoms with E-state index in [1.807, 2.05) is 33.9 Å². The van der Waals surface area contributed by atoms with E-state index in [4.69, 9.17) is 19.4 Å². The van der Waals surface area contributed by atoms with Gasteiger partial charge in [-0.05, 0) is 20.8 Å². The van der Waals surface area contributed by atoms with E-state index in [1.165, 1.54) is 6.33 Å². The molecule has 3 atom stereocenters. The van der Waals surface area contributed by atoms with Gasteiger partial charge in [0.05, 0.1) is 39.7 Å². The maximum absolute atomic E-state index is 12.3. The summed E-state index contributed by atoms with van der Waals surface area (Å²) in [7, 11) is -5.66. The van der Waals surface area contributed by atoms with E-state index in [0.717, 1.165) is 6.26 Å². The first-order valence-electron chi connectivity index (χ1n) is 10.2. The van der Waals surface area contributed by atoms with Crippen molar-refractivity contribution in [1.82, 2.24) is 19.5 Å². The fourth-order valence-electron chi connectivity index (χ4n) is 3.98. The topological polar surface area (TPSA) is 172 Å². The van der Waals surface area contributed by atoms with Crippen molar-refractivity contribution >= 4 is 36.0 Å². The number of aromatic nitrogens is 4. The maximum Gasteiger partial charge on any atom is 0.280 e. The molecule has 2 aromatic rings. The number of imidazole rings is 1. The van der Waals surface area contributed by atoms with Gasteiger partial charge in [-0.25, -0.2) is 4.98 Å². The second-order valence-electron chi connectivity index (χ2n) is 9.45. The highest BCUT2D eigenvalue weighted by Crippen LogP contribution is 2.47. The Morgan fingerprint density at radius 2 is 2.09 bits per heavy atom. The van der Waals surface area contributed by atoms with Crippen molar-refractivity contribution in [3.63, 3.8) is 0 Å². The monoisotopic (exact) mass is 489 g/mol. The number of nitrogens with two attached hydrogens (primary N) is 1. The van der Waals surface area contributed by atoms with E-state index in [1.54, 1.807) is 4.57 Å². The van der Waals surface area contributed by atoms with Crippen LogP contribution < -0.4 is 11.3 Å². The normalized spacial score (nSPS) is 26.9. The van der Waals surface area contributed by atoms with Crippen molar-refractivity contribution in [3.05, 3.63) is 16.7 Å². The fourth-order valence-corrected chi connectivity index (χ4v) is 6.29. The third-order valence-electron chi connectivity index (χ3n) is 5.46. The minimum atomic E-state index is -3.81. The van der Waals surface area contributed by atoms with E-state index in [0.29, 0.717) is 0 Å². The molecule has 0 aromatic carbocycles. The van der Waals surface area contributed by atoms with Crippen molar-refractivity contribution in [3.8, 4) is 0 Å². The summed E-state index contributed by atoms with van der Waals surface area (Å²) in [5.74, 6) is -0.0702. The fraction of sp³-hybridized carbons (Fsp3) is 0.722. The Morgan fingerprint density at radius 3 is 2.62 bits per heavy atom. The Bertz CT molecular complexity index is 1160. The summed E-state index contributed by atoms with van der Waals surface area (Å²) in [6, 6.07) is 0. The Hall–Kier alpha value is -1.84. The van der Waals surface area contributed by atoms with Crippen LogP contribution in [0.25, 0.3) is 11.2 Å². The average Bonchev–Trinajstić information content (AvgIpc) is 3.19. The molecule has 32 heavy (non-hydrogen) atoms. The highest BCUT2D eigenvalue weighted by molar-refractivity contribution is 7.85. The van der Waals surface area contributed by atoms with Crippen molar-refractivity contribution in [2.24, 2.45) is 0 Å². The first kappa shape index (κ1) is 24.8. The second kappa shape index (κ2) is 8.18. The molecule has 1 aliphatic rings. The van der Waals surface area contributed by atoms with Gasteiger partial charge >= 0.3 is 0 Å². The molecule has 0 bridgehead atoms. The number of aliphatic hydroxyl groups excluding tert-OH is 1. The molecule has 4 N–H and O–H groups in total. The molecule has 1 fully saturated rings. The lowest BCUT2D eigenvalue weighted by atomic mass is 9.97. The van der Waals surface area contributed by atoms with Crippen molar-refractivity contribution in [2.45, 2.75) is 62.9 Å². The molecule has 3 heterocycles. The maximum atomic E-state index is 12.3. The number of aliphatic hydroxyl groups is 1. The van der Waals surface area contributed by atoms with Gasteiger partial charge in [0, 0.05) is 6.42 Å². The van der Waals surface area contributed by atoms with Crippen LogP contribution in [0, 0.1) is 0 Å². The molecule has 12 nitrogen and oxygen atoms in total. The Labute approximate surface area is 187 Å². The van der Waals surface area contributed by atoms with Gasteiger partial charge in [0.1, 0.15) is 17.6 Å². The highest BCUT2D eigenvalue weighted by Gasteiger charge is 2.60. The molecular weight excluding hydrogens is 458 g/mol. The van der Waals surface area contributed by atoms with E-state index in [9.17, 15) is 18.3 Å². The van der Waals surface area contributed by atoms with Crippen LogP contribution in [0.4, 0.5) is 5.95 Å². The molecule has 180 valence electrons. The number of fused-ring (bicyclic) bond motifs is 1. The van der Waals surface area contributed by atoms with Gasteiger partial charge in [-0.2, -0.15) is 13.4 Å². The van der Waals surface area contributed by atoms with Gasteiger partial charge < -0.3 is 20.3 Å². The second-order valence-corrected chi connectivity index (χ2v) is 14.3. The quantitative estimate of drug-likeness (QED) is 0.346. The lowest BCUT2D eigenvalue weighted by molar-refractivity contribution is -0.187. The summed E-state index contributed by atoms with van der Waals surface area (Å²) in [5.41, 5.74) is 3.52. The minimum absolute atomic E-state index is 0.0702. The van der Waals surface area contributed by atoms with Crippen LogP contribution in [0.2, 0.25) is 13.1 Å². The Kier molecular flexibility index (Phi) is 6.34. The summed E-state index contributed by atoms with van der Waals surface area (Å²) >= 11 is 0. The molecule has 14 heteroatoms. The highest BCUT2D eigenvalue weighted by atomic mass is 32.2. The number of aromatic amines is 1. The van der Waals surface area contributed by atoms with Crippen LogP contribution in [-0.4, -0.2) is 78.6 Å². The van der Waals surface area contributed by atoms with Gasteiger partial charge in [0.15, 0.2) is 11.2 Å². The van der Waals surface area contributed by atoms with E-state index >= 15 is 0 Å². The number of anilines is 1. The Balaban J connectivity index is 2.20. The predicted molar refractivity (Wildman–Crippen MR) is 120 cm³/mol. The predicted octanol–water partition coefficient (Wildman–Crippen LogP) is -0.308. The molecule has 2 aromatic heterocycles. The Morgan fingerprint density at radius 1 is 1.44 bits per heavy atom. The number of nitrogens with zero attached hydrogens (tertiary/aromatic N) is 3. The summed E-state index contributed by atoms with van der Waals surface area (Å²) < 4.78 is 43.0. The molecule has 0 spiro atoms. The number of nitrogens with one attached hydrogen (secondary N) is 1. The number of hydrogen-bond donors (Lipinski definition) is 3. The number of hydrogen-bond acceptors (Lipinski definition) is 10. The van der Waals surface area contributed by atoms with Gasteiger partial charge in [-0.3, -0.25) is 18.5 Å². The van der Waals surface area contributed by atoms with Gasteiger partial charge in [0.2, 0.25) is 5.95 Å². The van der Waals surface area contributed by atoms with Crippen LogP contribution in [0.3, 0.4) is 0 Å². The molecule has 3 rings (SSSR count). The van der Waals surface area contributed by atoms with E-state index in [2.05, 4.69) is 15.0 Å². The smallest absolute Gasteiger partial charge is 0.280 e. The molecule has 0 amide bonds. The van der Waals surface area contributed by atoms with E-state index < -0.39 is 60.3 Å². The average molecular weight is 490 g/mol. The molecular formula is C18H31N5O7SSi. The number of H-pyrrole nitrogens is 1. The standard InChI is InChI=1S/C18H31N5O7SSi/c1-16(2,3)29-11-7-18(32(5)6,30-17(11,8-24)9-28-31(4,26)27)23-10-20-12-13(23)21-15(19)22-14(12)25/h10-11,24,32H,7-9H2,1-6H3,(H3,19,21,22,25)/t11-,17-,18-/m0/s1. The van der Waals surface area contributed by atoms with Crippen molar-refractivity contribution in [1.29, 1.82) is 0 Å². The van der Waals surface area contributed by atoms with Crippen LogP contribution in [0.15, 0.2) is 11.1 Å². The van der Waals surface area contributed by atoms with Gasteiger partial charge in [-0.15, -0.1) is 0 Å². The van der Waals surface area contributed by atoms with E-state index in [-0.39, 0.29) is 23.5 Å². The summed E-state index contributed by atoms with van der Waals surface area (Å²) in [6.07, 6.45) is 1.93. The third-order valence-corrected chi connectivity index (χ3v) is 8.44. The molecule has 0 unspecified atom stereocenters. The third kappa shape index (κ3) is 4.60. The van der Waals surface area contributed by atoms with Crippen molar-refractivity contribution < 1.29 is 27.2 Å². The van der Waals surface area contributed by atoms with Crippen molar-refractivity contribution in [2.75, 3.05) is 25.2 Å². The lowest BCUT2D eigenvalue weighted by Crippen LogP contribution is -2.53. The summed E-state index contributed by atoms with van der Waals surface area (Å²) in [5, 5.41) is 9.36. The molecule has 1 saturated heterocycles. The van der Waals surface area contributed by atoms with Gasteiger partial charge in [-0.1, -0.05) is 13.1 Å².